The Bertz CT molecular complexity index is 924. The van der Waals surface area contributed by atoms with Crippen LogP contribution in [0.15, 0.2) is 35.5 Å². The summed E-state index contributed by atoms with van der Waals surface area (Å²) in [5, 5.41) is 5.21. The normalized spacial score (nSPS) is 27.7. The number of hydrazone groups is 1. The number of methoxy groups -OCH3 is 1. The van der Waals surface area contributed by atoms with Gasteiger partial charge in [-0.3, -0.25) is 9.59 Å². The van der Waals surface area contributed by atoms with E-state index < -0.39 is 12.1 Å². The van der Waals surface area contributed by atoms with Crippen molar-refractivity contribution in [2.24, 2.45) is 28.8 Å². The number of ether oxygens (including phenoxy) is 2. The van der Waals surface area contributed by atoms with Crippen molar-refractivity contribution in [1.29, 1.82) is 0 Å². The van der Waals surface area contributed by atoms with E-state index in [1.165, 1.54) is 13.3 Å². The fourth-order valence-corrected chi connectivity index (χ4v) is 4.53. The maximum absolute atomic E-state index is 12.8. The molecule has 2 aliphatic carbocycles. The van der Waals surface area contributed by atoms with Gasteiger partial charge in [0.2, 0.25) is 0 Å². The third-order valence-corrected chi connectivity index (χ3v) is 6.11. The first-order valence-electron chi connectivity index (χ1n) is 9.97. The van der Waals surface area contributed by atoms with Gasteiger partial charge in [-0.25, -0.2) is 4.79 Å². The minimum absolute atomic E-state index is 0.135. The summed E-state index contributed by atoms with van der Waals surface area (Å²) >= 11 is 0. The molecule has 0 N–H and O–H groups in total. The Labute approximate surface area is 175 Å². The van der Waals surface area contributed by atoms with Crippen molar-refractivity contribution in [3.05, 3.63) is 35.9 Å². The number of rotatable bonds is 6. The lowest BCUT2D eigenvalue weighted by Gasteiger charge is -2.18. The van der Waals surface area contributed by atoms with E-state index >= 15 is 0 Å². The highest BCUT2D eigenvalue weighted by atomic mass is 16.6. The highest BCUT2D eigenvalue weighted by molar-refractivity contribution is 6.07. The maximum Gasteiger partial charge on any atom is 0.346 e. The van der Waals surface area contributed by atoms with E-state index in [2.05, 4.69) is 5.10 Å². The standard InChI is InChI=1S/C22H25N3O5/c1-12(22(28)29-4)30-17-10-16(24(2)3)8-7-15(17)11-23-25-20(26)18-13-5-6-14(9-13)19(18)21(25)27/h5-8,10-14,18-19H,9H2,1-4H3/t12-,13+,14+,18-,19+/m1/s1. The molecule has 2 amide bonds. The number of benzene rings is 1. The van der Waals surface area contributed by atoms with E-state index in [-0.39, 0.29) is 35.5 Å². The summed E-state index contributed by atoms with van der Waals surface area (Å²) in [6, 6.07) is 5.41. The van der Waals surface area contributed by atoms with Gasteiger partial charge in [0.1, 0.15) is 5.75 Å². The predicted octanol–water partition coefficient (Wildman–Crippen LogP) is 1.83. The Morgan fingerprint density at radius 2 is 1.83 bits per heavy atom. The molecular weight excluding hydrogens is 386 g/mol. The zero-order chi connectivity index (χ0) is 21.6. The number of fused-ring (bicyclic) bond motifs is 5. The molecule has 0 spiro atoms. The number of imide groups is 1. The molecule has 2 bridgehead atoms. The van der Waals surface area contributed by atoms with Crippen molar-refractivity contribution in [2.45, 2.75) is 19.4 Å². The van der Waals surface area contributed by atoms with Crippen molar-refractivity contribution < 1.29 is 23.9 Å². The van der Waals surface area contributed by atoms with E-state index in [9.17, 15) is 14.4 Å². The summed E-state index contributed by atoms with van der Waals surface area (Å²) in [6.07, 6.45) is 5.58. The van der Waals surface area contributed by atoms with Gasteiger partial charge in [-0.15, -0.1) is 0 Å². The fourth-order valence-electron chi connectivity index (χ4n) is 4.53. The molecule has 0 unspecified atom stereocenters. The van der Waals surface area contributed by atoms with Crippen LogP contribution in [0.2, 0.25) is 0 Å². The number of carbonyl (C=O) groups excluding carboxylic acids is 3. The van der Waals surface area contributed by atoms with Crippen molar-refractivity contribution in [3.63, 3.8) is 0 Å². The monoisotopic (exact) mass is 411 g/mol. The molecule has 4 rings (SSSR count). The molecule has 1 aromatic rings. The smallest absolute Gasteiger partial charge is 0.346 e. The zero-order valence-corrected chi connectivity index (χ0v) is 17.4. The first-order chi connectivity index (χ1) is 14.3. The lowest BCUT2D eigenvalue weighted by atomic mass is 9.85. The van der Waals surface area contributed by atoms with Crippen LogP contribution in [0.3, 0.4) is 0 Å². The number of esters is 1. The molecule has 1 saturated heterocycles. The second kappa shape index (κ2) is 7.59. The minimum Gasteiger partial charge on any atom is -0.478 e. The number of hydrogen-bond donors (Lipinski definition) is 0. The minimum atomic E-state index is -0.823. The van der Waals surface area contributed by atoms with Gasteiger partial charge < -0.3 is 14.4 Å². The Kier molecular flexibility index (Phi) is 5.09. The Hall–Kier alpha value is -3.16. The molecular formula is C22H25N3O5. The van der Waals surface area contributed by atoms with Crippen LogP contribution in [0.5, 0.6) is 5.75 Å². The van der Waals surface area contributed by atoms with Gasteiger partial charge >= 0.3 is 5.97 Å². The van der Waals surface area contributed by atoms with Crippen LogP contribution in [0, 0.1) is 23.7 Å². The summed E-state index contributed by atoms with van der Waals surface area (Å²) in [4.78, 5) is 39.3. The molecule has 0 radical (unpaired) electrons. The van der Waals surface area contributed by atoms with E-state index in [0.29, 0.717) is 11.3 Å². The molecule has 3 aliphatic rings. The number of anilines is 1. The van der Waals surface area contributed by atoms with Crippen LogP contribution >= 0.6 is 0 Å². The highest BCUT2D eigenvalue weighted by Crippen LogP contribution is 2.52. The van der Waals surface area contributed by atoms with Gasteiger partial charge in [0.05, 0.1) is 25.2 Å². The van der Waals surface area contributed by atoms with Gasteiger partial charge in [0, 0.05) is 31.4 Å². The SMILES string of the molecule is COC(=O)[C@@H](C)Oc1cc(N(C)C)ccc1C=NN1C(=O)[C@@H]2[C@H](C1=O)[C@H]1C=C[C@H]2C1. The van der Waals surface area contributed by atoms with Crippen molar-refractivity contribution in [1.82, 2.24) is 5.01 Å². The van der Waals surface area contributed by atoms with Crippen LogP contribution in [-0.4, -0.2) is 56.3 Å². The largest absolute Gasteiger partial charge is 0.478 e. The Morgan fingerprint density at radius 3 is 2.40 bits per heavy atom. The van der Waals surface area contributed by atoms with Crippen LogP contribution in [-0.2, 0) is 19.1 Å². The van der Waals surface area contributed by atoms with E-state index in [4.69, 9.17) is 9.47 Å². The van der Waals surface area contributed by atoms with Crippen molar-refractivity contribution >= 4 is 29.7 Å². The van der Waals surface area contributed by atoms with Crippen molar-refractivity contribution in [3.8, 4) is 5.75 Å². The number of carbonyl (C=O) groups is 3. The van der Waals surface area contributed by atoms with Crippen molar-refractivity contribution in [2.75, 3.05) is 26.1 Å². The van der Waals surface area contributed by atoms with Crippen LogP contribution in [0.25, 0.3) is 0 Å². The maximum atomic E-state index is 12.8. The Morgan fingerprint density at radius 1 is 1.20 bits per heavy atom. The average molecular weight is 411 g/mol. The average Bonchev–Trinajstić information content (AvgIpc) is 3.40. The third kappa shape index (κ3) is 3.26. The topological polar surface area (TPSA) is 88.5 Å². The summed E-state index contributed by atoms with van der Waals surface area (Å²) < 4.78 is 10.5. The number of hydrogen-bond acceptors (Lipinski definition) is 7. The molecule has 5 atom stereocenters. The number of amides is 2. The second-order valence-corrected chi connectivity index (χ2v) is 8.13. The highest BCUT2D eigenvalue weighted by Gasteiger charge is 2.59. The van der Waals surface area contributed by atoms with Gasteiger partial charge in [-0.2, -0.15) is 10.1 Å². The molecule has 1 saturated carbocycles. The molecule has 2 fully saturated rings. The molecule has 0 aromatic heterocycles. The second-order valence-electron chi connectivity index (χ2n) is 8.13. The Balaban J connectivity index is 1.59. The molecule has 30 heavy (non-hydrogen) atoms. The summed E-state index contributed by atoms with van der Waals surface area (Å²) in [7, 11) is 5.07. The van der Waals surface area contributed by atoms with Crippen LogP contribution < -0.4 is 9.64 Å². The molecule has 8 heteroatoms. The molecule has 1 aliphatic heterocycles. The lowest BCUT2D eigenvalue weighted by Crippen LogP contribution is -2.28. The zero-order valence-electron chi connectivity index (χ0n) is 17.4. The van der Waals surface area contributed by atoms with Crippen LogP contribution in [0.4, 0.5) is 5.69 Å². The predicted molar refractivity (Wildman–Crippen MR) is 110 cm³/mol. The number of nitrogens with zero attached hydrogens (tertiary/aromatic N) is 3. The summed E-state index contributed by atoms with van der Waals surface area (Å²) in [6.45, 7) is 1.59. The van der Waals surface area contributed by atoms with E-state index in [0.717, 1.165) is 17.1 Å². The van der Waals surface area contributed by atoms with Gasteiger partial charge in [0.15, 0.2) is 6.10 Å². The fraction of sp³-hybridized carbons (Fsp3) is 0.455. The first-order valence-corrected chi connectivity index (χ1v) is 9.97. The van der Waals surface area contributed by atoms with Gasteiger partial charge in [0.25, 0.3) is 11.8 Å². The van der Waals surface area contributed by atoms with E-state index in [1.807, 2.05) is 37.2 Å². The first kappa shape index (κ1) is 20.1. The number of allylic oxidation sites excluding steroid dienone is 2. The molecule has 1 aromatic carbocycles. The van der Waals surface area contributed by atoms with Gasteiger partial charge in [-0.1, -0.05) is 12.2 Å². The molecule has 158 valence electrons. The quantitative estimate of drug-likeness (QED) is 0.307. The summed E-state index contributed by atoms with van der Waals surface area (Å²) in [5.74, 6) is -0.905. The summed E-state index contributed by atoms with van der Waals surface area (Å²) in [5.41, 5.74) is 1.42. The van der Waals surface area contributed by atoms with Gasteiger partial charge in [-0.05, 0) is 37.3 Å². The van der Waals surface area contributed by atoms with Crippen LogP contribution in [0.1, 0.15) is 18.9 Å². The van der Waals surface area contributed by atoms with E-state index in [1.54, 1.807) is 19.1 Å². The lowest BCUT2D eigenvalue weighted by molar-refractivity contribution is -0.148. The molecule has 1 heterocycles. The third-order valence-electron chi connectivity index (χ3n) is 6.11. The molecule has 8 nitrogen and oxygen atoms in total.